The highest BCUT2D eigenvalue weighted by Gasteiger charge is 2.61. The molecule has 0 aromatic heterocycles. The quantitative estimate of drug-likeness (QED) is 0.148. The first-order valence-electron chi connectivity index (χ1n) is 15.9. The van der Waals surface area contributed by atoms with Gasteiger partial charge in [-0.15, -0.1) is 0 Å². The molecule has 47 heavy (non-hydrogen) atoms. The molecule has 0 saturated carbocycles. The fraction of sp³-hybridized carbons (Fsp3) is 0.588. The number of amidine groups is 2. The third-order valence-electron chi connectivity index (χ3n) is 9.77. The number of rotatable bonds is 16. The molecule has 13 heteroatoms. The van der Waals surface area contributed by atoms with Gasteiger partial charge in [-0.25, -0.2) is 0 Å². The average Bonchev–Trinajstić information content (AvgIpc) is 3.23. The van der Waals surface area contributed by atoms with Gasteiger partial charge < -0.3 is 34.1 Å². The Labute approximate surface area is 277 Å². The monoisotopic (exact) mass is 656 g/mol. The van der Waals surface area contributed by atoms with Crippen LogP contribution in [0.4, 0.5) is 0 Å². The zero-order valence-corrected chi connectivity index (χ0v) is 28.7. The third-order valence-corrected chi connectivity index (χ3v) is 9.77. The molecule has 13 nitrogen and oxygen atoms in total. The number of hydrogen-bond acceptors (Lipinski definition) is 9. The lowest BCUT2D eigenvalue weighted by Gasteiger charge is -2.32. The minimum Gasteiger partial charge on any atom is -0.714 e. The van der Waals surface area contributed by atoms with Gasteiger partial charge in [0.1, 0.15) is 46.9 Å². The van der Waals surface area contributed by atoms with Crippen molar-refractivity contribution < 1.29 is 43.6 Å². The molecule has 0 aliphatic carbocycles. The summed E-state index contributed by atoms with van der Waals surface area (Å²) in [5.74, 6) is 0.941. The van der Waals surface area contributed by atoms with Gasteiger partial charge in [0.2, 0.25) is 0 Å². The van der Waals surface area contributed by atoms with Crippen molar-refractivity contribution in [3.05, 3.63) is 70.1 Å². The maximum Gasteiger partial charge on any atom is 0.320 e. The number of benzene rings is 2. The Morgan fingerprint density at radius 3 is 1.13 bits per heavy atom. The Balaban J connectivity index is 1.11. The summed E-state index contributed by atoms with van der Waals surface area (Å²) in [4.78, 5) is 0. The van der Waals surface area contributed by atoms with Gasteiger partial charge in [0, 0.05) is 10.4 Å². The molecule has 0 amide bonds. The minimum absolute atomic E-state index is 0.0334. The SMILES string of the molecule is CC1(C)N([O])C(c2ccccc2OCCOCCOCCOCCOc2ccccc2C2=[N+]([O-])C(C)(C)C(C)(C)N2[O])=[N+]([O-])C1(C)C. The first kappa shape index (κ1) is 36.2. The fourth-order valence-electron chi connectivity index (χ4n) is 5.17. The number of hydrogen-bond donors (Lipinski definition) is 0. The Kier molecular flexibility index (Phi) is 11.0. The van der Waals surface area contributed by atoms with Crippen molar-refractivity contribution in [2.75, 3.05) is 52.9 Å². The van der Waals surface area contributed by atoms with E-state index in [2.05, 4.69) is 0 Å². The molecule has 2 aliphatic heterocycles. The van der Waals surface area contributed by atoms with Gasteiger partial charge in [-0.3, -0.25) is 9.48 Å². The Morgan fingerprint density at radius 2 is 0.830 bits per heavy atom. The van der Waals surface area contributed by atoms with Crippen LogP contribution in [0.5, 0.6) is 11.5 Å². The molecule has 0 N–H and O–H groups in total. The van der Waals surface area contributed by atoms with Crippen LogP contribution in [-0.4, -0.2) is 106 Å². The summed E-state index contributed by atoms with van der Waals surface area (Å²) in [5, 5.41) is 53.8. The summed E-state index contributed by atoms with van der Waals surface area (Å²) < 4.78 is 30.1. The standard InChI is InChI=1S/C34H48N4O9/c1-31(2)32(3,4)36(40)29(35(31)39)25-13-9-11-15-27(25)46-23-21-44-19-17-43-18-20-45-22-24-47-28-16-12-10-14-26(28)30-37(41)33(5,6)34(7,8)38(30)42/h9-16H,17-24H2,1-8H3. The molecule has 0 unspecified atom stereocenters. The molecule has 258 valence electrons. The number of para-hydroxylation sites is 2. The van der Waals surface area contributed by atoms with E-state index >= 15 is 0 Å². The molecule has 2 aromatic rings. The average molecular weight is 657 g/mol. The molecule has 0 atom stereocenters. The highest BCUT2D eigenvalue weighted by atomic mass is 16.6. The van der Waals surface area contributed by atoms with Crippen LogP contribution in [-0.2, 0) is 24.6 Å². The Morgan fingerprint density at radius 1 is 0.532 bits per heavy atom. The van der Waals surface area contributed by atoms with Gasteiger partial charge in [-0.1, -0.05) is 34.4 Å². The van der Waals surface area contributed by atoms with Crippen molar-refractivity contribution in [3.8, 4) is 11.5 Å². The second-order valence-electron chi connectivity index (χ2n) is 13.6. The summed E-state index contributed by atoms with van der Waals surface area (Å²) >= 11 is 0. The Hall–Kier alpha value is -3.62. The van der Waals surface area contributed by atoms with Crippen LogP contribution in [0.1, 0.15) is 66.5 Å². The zero-order valence-electron chi connectivity index (χ0n) is 28.7. The molecular weight excluding hydrogens is 608 g/mol. The number of hydroxylamine groups is 6. The van der Waals surface area contributed by atoms with Crippen molar-refractivity contribution in [2.45, 2.75) is 77.5 Å². The van der Waals surface area contributed by atoms with Gasteiger partial charge in [0.05, 0.1) is 39.6 Å². The molecule has 4 rings (SSSR count). The van der Waals surface area contributed by atoms with Crippen molar-refractivity contribution in [2.24, 2.45) is 0 Å². The first-order chi connectivity index (χ1) is 22.1. The Bertz CT molecular complexity index is 1350. The van der Waals surface area contributed by atoms with Gasteiger partial charge in [-0.2, -0.15) is 0 Å². The minimum atomic E-state index is -0.918. The maximum absolute atomic E-state index is 13.1. The number of nitrogens with zero attached hydrogens (tertiary/aromatic N) is 4. The highest BCUT2D eigenvalue weighted by molar-refractivity contribution is 5.99. The summed E-state index contributed by atoms with van der Waals surface area (Å²) in [6.07, 6.45) is 0. The zero-order chi connectivity index (χ0) is 34.6. The predicted octanol–water partition coefficient (Wildman–Crippen LogP) is 4.14. The molecular formula is C34H48N4O9. The molecule has 2 heterocycles. The molecule has 0 bridgehead atoms. The largest absolute Gasteiger partial charge is 0.714 e. The highest BCUT2D eigenvalue weighted by Crippen LogP contribution is 2.40. The van der Waals surface area contributed by atoms with E-state index < -0.39 is 22.2 Å². The second kappa shape index (κ2) is 14.2. The van der Waals surface area contributed by atoms with Crippen LogP contribution < -0.4 is 9.47 Å². The van der Waals surface area contributed by atoms with Gasteiger partial charge >= 0.3 is 11.7 Å². The first-order valence-corrected chi connectivity index (χ1v) is 15.9. The molecule has 0 spiro atoms. The van der Waals surface area contributed by atoms with Gasteiger partial charge in [0.15, 0.2) is 11.1 Å². The van der Waals surface area contributed by atoms with Crippen molar-refractivity contribution in [1.82, 2.24) is 10.1 Å². The van der Waals surface area contributed by atoms with E-state index in [0.717, 1.165) is 19.6 Å². The van der Waals surface area contributed by atoms with Crippen LogP contribution >= 0.6 is 0 Å². The summed E-state index contributed by atoms with van der Waals surface area (Å²) in [6.45, 7) is 16.5. The van der Waals surface area contributed by atoms with E-state index in [0.29, 0.717) is 62.3 Å². The second-order valence-corrected chi connectivity index (χ2v) is 13.6. The maximum atomic E-state index is 13.1. The molecule has 2 radical (unpaired) electrons. The lowest BCUT2D eigenvalue weighted by Crippen LogP contribution is -2.53. The van der Waals surface area contributed by atoms with E-state index in [-0.39, 0.29) is 24.9 Å². The van der Waals surface area contributed by atoms with Crippen LogP contribution in [0, 0.1) is 10.4 Å². The van der Waals surface area contributed by atoms with E-state index in [1.54, 1.807) is 104 Å². The van der Waals surface area contributed by atoms with Crippen molar-refractivity contribution in [3.63, 3.8) is 0 Å². The van der Waals surface area contributed by atoms with E-state index in [4.69, 9.17) is 23.7 Å². The van der Waals surface area contributed by atoms with Crippen LogP contribution in [0.15, 0.2) is 48.5 Å². The van der Waals surface area contributed by atoms with Crippen LogP contribution in [0.3, 0.4) is 0 Å². The predicted molar refractivity (Wildman–Crippen MR) is 173 cm³/mol. The van der Waals surface area contributed by atoms with Crippen LogP contribution in [0.2, 0.25) is 0 Å². The summed E-state index contributed by atoms with van der Waals surface area (Å²) in [6, 6.07) is 14.0. The van der Waals surface area contributed by atoms with Crippen LogP contribution in [0.25, 0.3) is 0 Å². The van der Waals surface area contributed by atoms with Crippen molar-refractivity contribution in [1.29, 1.82) is 0 Å². The third kappa shape index (κ3) is 6.86. The lowest BCUT2D eigenvalue weighted by atomic mass is 9.84. The van der Waals surface area contributed by atoms with Gasteiger partial charge in [-0.05, 0) is 79.7 Å². The lowest BCUT2D eigenvalue weighted by molar-refractivity contribution is -0.539. The number of ether oxygens (including phenoxy) is 5. The molecule has 0 saturated heterocycles. The topological polar surface area (TPSA) is 145 Å². The van der Waals surface area contributed by atoms with Crippen molar-refractivity contribution >= 4 is 11.7 Å². The van der Waals surface area contributed by atoms with E-state index in [1.807, 2.05) is 0 Å². The fourth-order valence-corrected chi connectivity index (χ4v) is 5.17. The summed E-state index contributed by atoms with van der Waals surface area (Å²) in [7, 11) is 0. The normalized spacial score (nSPS) is 19.5. The smallest absolute Gasteiger partial charge is 0.320 e. The summed E-state index contributed by atoms with van der Waals surface area (Å²) in [5.41, 5.74) is -2.79. The van der Waals surface area contributed by atoms with Gasteiger partial charge in [0.25, 0.3) is 0 Å². The molecule has 2 aromatic carbocycles. The molecule has 2 aliphatic rings. The van der Waals surface area contributed by atoms with E-state index in [9.17, 15) is 20.8 Å². The molecule has 0 fully saturated rings. The van der Waals surface area contributed by atoms with E-state index in [1.165, 1.54) is 0 Å².